The molecular weight excluding hydrogens is 330 g/mol. The molecule has 0 amide bonds. The second-order valence-corrected chi connectivity index (χ2v) is 5.23. The Morgan fingerprint density at radius 2 is 2.26 bits per heavy atom. The van der Waals surface area contributed by atoms with Gasteiger partial charge in [0.05, 0.1) is 11.8 Å². The van der Waals surface area contributed by atoms with Crippen molar-refractivity contribution in [3.8, 4) is 17.2 Å². The number of hydrogen-bond donors (Lipinski definition) is 0. The van der Waals surface area contributed by atoms with Crippen LogP contribution in [0.2, 0.25) is 0 Å². The van der Waals surface area contributed by atoms with E-state index in [1.54, 1.807) is 17.5 Å². The maximum Gasteiger partial charge on any atom is 0.258 e. The van der Waals surface area contributed by atoms with Gasteiger partial charge < -0.3 is 9.26 Å². The molecule has 3 heterocycles. The first-order valence-corrected chi connectivity index (χ1v) is 7.14. The number of rotatable bonds is 4. The summed E-state index contributed by atoms with van der Waals surface area (Å²) in [5, 5.41) is 7.79. The van der Waals surface area contributed by atoms with Gasteiger partial charge in [-0.05, 0) is 39.5 Å². The fourth-order valence-electron chi connectivity index (χ4n) is 1.41. The first-order valence-electron chi connectivity index (χ1n) is 5.41. The average Bonchev–Trinajstić information content (AvgIpc) is 3.09. The summed E-state index contributed by atoms with van der Waals surface area (Å²) in [6.45, 7) is 0.247. The molecule has 3 rings (SSSR count). The van der Waals surface area contributed by atoms with E-state index in [-0.39, 0.29) is 6.61 Å². The van der Waals surface area contributed by atoms with E-state index >= 15 is 0 Å². The van der Waals surface area contributed by atoms with Crippen LogP contribution in [0.5, 0.6) is 5.75 Å². The van der Waals surface area contributed by atoms with Gasteiger partial charge in [0.1, 0.15) is 10.4 Å². The number of aromatic nitrogens is 3. The highest BCUT2D eigenvalue weighted by atomic mass is 79.9. The predicted octanol–water partition coefficient (Wildman–Crippen LogP) is 3.53. The molecule has 3 aromatic rings. The van der Waals surface area contributed by atoms with Crippen LogP contribution in [0.15, 0.2) is 44.3 Å². The van der Waals surface area contributed by atoms with Crippen LogP contribution in [-0.4, -0.2) is 15.1 Å². The van der Waals surface area contributed by atoms with Crippen LogP contribution in [-0.2, 0) is 6.61 Å². The Bertz CT molecular complexity index is 652. The van der Waals surface area contributed by atoms with Crippen LogP contribution in [0.25, 0.3) is 11.5 Å². The Labute approximate surface area is 121 Å². The Morgan fingerprint density at radius 3 is 3.00 bits per heavy atom. The lowest BCUT2D eigenvalue weighted by Gasteiger charge is -2.01. The van der Waals surface area contributed by atoms with Crippen LogP contribution < -0.4 is 4.74 Å². The predicted molar refractivity (Wildman–Crippen MR) is 73.9 cm³/mol. The third-order valence-corrected chi connectivity index (χ3v) is 3.46. The highest BCUT2D eigenvalue weighted by Crippen LogP contribution is 2.20. The Balaban J connectivity index is 1.66. The van der Waals surface area contributed by atoms with Crippen molar-refractivity contribution in [2.75, 3.05) is 0 Å². The maximum atomic E-state index is 5.51. The van der Waals surface area contributed by atoms with Gasteiger partial charge in [0.15, 0.2) is 6.61 Å². The first-order chi connectivity index (χ1) is 9.31. The van der Waals surface area contributed by atoms with E-state index in [2.05, 4.69) is 31.1 Å². The lowest BCUT2D eigenvalue weighted by molar-refractivity contribution is 0.286. The van der Waals surface area contributed by atoms with Crippen LogP contribution in [0.4, 0.5) is 0 Å². The minimum absolute atomic E-state index is 0.247. The summed E-state index contributed by atoms with van der Waals surface area (Å²) in [4.78, 5) is 8.33. The molecule has 0 radical (unpaired) electrons. The zero-order valence-electron chi connectivity index (χ0n) is 9.62. The van der Waals surface area contributed by atoms with E-state index in [1.807, 2.05) is 29.0 Å². The van der Waals surface area contributed by atoms with E-state index in [0.717, 1.165) is 10.2 Å². The number of nitrogens with zero attached hydrogens (tertiary/aromatic N) is 3. The van der Waals surface area contributed by atoms with Gasteiger partial charge in [0.25, 0.3) is 5.89 Å². The van der Waals surface area contributed by atoms with Crippen molar-refractivity contribution in [1.29, 1.82) is 0 Å². The molecule has 0 saturated heterocycles. The molecule has 0 saturated carbocycles. The largest absolute Gasteiger partial charge is 0.484 e. The molecule has 19 heavy (non-hydrogen) atoms. The lowest BCUT2D eigenvalue weighted by atomic mass is 10.3. The van der Waals surface area contributed by atoms with Gasteiger partial charge in [-0.2, -0.15) is 16.3 Å². The SMILES string of the molecule is Brc1ccc(OCc2noc(-c3ccsc3)n2)cn1. The fourth-order valence-corrected chi connectivity index (χ4v) is 2.28. The summed E-state index contributed by atoms with van der Waals surface area (Å²) in [7, 11) is 0. The summed E-state index contributed by atoms with van der Waals surface area (Å²) in [5.41, 5.74) is 0.925. The quantitative estimate of drug-likeness (QED) is 0.681. The molecule has 5 nitrogen and oxygen atoms in total. The van der Waals surface area contributed by atoms with Gasteiger partial charge in [-0.15, -0.1) is 0 Å². The molecule has 0 fully saturated rings. The number of hydrogen-bond acceptors (Lipinski definition) is 6. The monoisotopic (exact) mass is 337 g/mol. The molecule has 0 spiro atoms. The molecule has 0 bridgehead atoms. The van der Waals surface area contributed by atoms with Gasteiger partial charge in [-0.1, -0.05) is 5.16 Å². The van der Waals surface area contributed by atoms with E-state index < -0.39 is 0 Å². The van der Waals surface area contributed by atoms with Crippen LogP contribution in [0.3, 0.4) is 0 Å². The molecule has 3 aromatic heterocycles. The lowest BCUT2D eigenvalue weighted by Crippen LogP contribution is -1.97. The standard InChI is InChI=1S/C12H8BrN3O2S/c13-10-2-1-9(5-14-10)17-6-11-15-12(18-16-11)8-3-4-19-7-8/h1-5,7H,6H2. The molecule has 96 valence electrons. The van der Waals surface area contributed by atoms with Gasteiger partial charge in [0.2, 0.25) is 5.82 Å². The smallest absolute Gasteiger partial charge is 0.258 e. The van der Waals surface area contributed by atoms with Gasteiger partial charge >= 0.3 is 0 Å². The molecule has 0 aliphatic heterocycles. The summed E-state index contributed by atoms with van der Waals surface area (Å²) in [6, 6.07) is 5.56. The number of halogens is 1. The number of thiophene rings is 1. The van der Waals surface area contributed by atoms with E-state index in [9.17, 15) is 0 Å². The molecular formula is C12H8BrN3O2S. The van der Waals surface area contributed by atoms with E-state index in [4.69, 9.17) is 9.26 Å². The van der Waals surface area contributed by atoms with Crippen LogP contribution >= 0.6 is 27.3 Å². The second kappa shape index (κ2) is 5.50. The molecule has 0 unspecified atom stereocenters. The molecule has 0 aliphatic rings. The zero-order valence-corrected chi connectivity index (χ0v) is 12.0. The van der Waals surface area contributed by atoms with Crippen LogP contribution in [0.1, 0.15) is 5.82 Å². The van der Waals surface area contributed by atoms with E-state index in [1.165, 1.54) is 0 Å². The van der Waals surface area contributed by atoms with Crippen molar-refractivity contribution in [3.05, 3.63) is 45.6 Å². The Morgan fingerprint density at radius 1 is 1.32 bits per heavy atom. The van der Waals surface area contributed by atoms with Crippen molar-refractivity contribution in [2.24, 2.45) is 0 Å². The van der Waals surface area contributed by atoms with Gasteiger partial charge in [-0.3, -0.25) is 0 Å². The Kier molecular flexibility index (Phi) is 3.56. The van der Waals surface area contributed by atoms with Crippen molar-refractivity contribution in [2.45, 2.75) is 6.61 Å². The highest BCUT2D eigenvalue weighted by molar-refractivity contribution is 9.10. The highest BCUT2D eigenvalue weighted by Gasteiger charge is 2.09. The fraction of sp³-hybridized carbons (Fsp3) is 0.0833. The van der Waals surface area contributed by atoms with Crippen molar-refractivity contribution < 1.29 is 9.26 Å². The topological polar surface area (TPSA) is 61.0 Å². The van der Waals surface area contributed by atoms with Crippen molar-refractivity contribution in [1.82, 2.24) is 15.1 Å². The molecule has 0 aliphatic carbocycles. The second-order valence-electron chi connectivity index (χ2n) is 3.63. The minimum Gasteiger partial charge on any atom is -0.484 e. The van der Waals surface area contributed by atoms with Crippen LogP contribution in [0, 0.1) is 0 Å². The molecule has 7 heteroatoms. The minimum atomic E-state index is 0.247. The molecule has 0 N–H and O–H groups in total. The van der Waals surface area contributed by atoms with E-state index in [0.29, 0.717) is 17.5 Å². The first kappa shape index (κ1) is 12.3. The normalized spacial score (nSPS) is 10.6. The summed E-state index contributed by atoms with van der Waals surface area (Å²) in [6.07, 6.45) is 1.63. The summed E-state index contributed by atoms with van der Waals surface area (Å²) < 4.78 is 11.4. The molecule has 0 atom stereocenters. The van der Waals surface area contributed by atoms with Gasteiger partial charge in [0, 0.05) is 5.38 Å². The third-order valence-electron chi connectivity index (χ3n) is 2.30. The number of ether oxygens (including phenoxy) is 1. The summed E-state index contributed by atoms with van der Waals surface area (Å²) >= 11 is 4.84. The molecule has 0 aromatic carbocycles. The van der Waals surface area contributed by atoms with Crippen molar-refractivity contribution >= 4 is 27.3 Å². The Hall–Kier alpha value is -1.73. The average molecular weight is 338 g/mol. The third kappa shape index (κ3) is 2.99. The van der Waals surface area contributed by atoms with Gasteiger partial charge in [-0.25, -0.2) is 4.98 Å². The summed E-state index contributed by atoms with van der Waals surface area (Å²) in [5.74, 6) is 1.67. The maximum absolute atomic E-state index is 5.51. The van der Waals surface area contributed by atoms with Crippen molar-refractivity contribution in [3.63, 3.8) is 0 Å². The number of pyridine rings is 1. The zero-order chi connectivity index (χ0) is 13.1.